The van der Waals surface area contributed by atoms with Gasteiger partial charge in [0.1, 0.15) is 6.10 Å². The molecule has 1 aliphatic heterocycles. The van der Waals surface area contributed by atoms with Gasteiger partial charge in [-0.15, -0.1) is 0 Å². The van der Waals surface area contributed by atoms with Gasteiger partial charge in [-0.2, -0.15) is 0 Å². The highest BCUT2D eigenvalue weighted by Crippen LogP contribution is 2.32. The molecule has 1 heterocycles. The number of unbranched alkanes of at least 4 members (excludes halogenated alkanes) is 24. The minimum atomic E-state index is -0.0590. The van der Waals surface area contributed by atoms with Crippen LogP contribution in [-0.2, 0) is 57.1 Å². The fraction of sp³-hybridized carbons (Fsp3) is 0.948. The monoisotopic (exact) mass is 1570 g/mol. The van der Waals surface area contributed by atoms with Crippen molar-refractivity contribution in [2.45, 2.75) is 437 Å². The van der Waals surface area contributed by atoms with Crippen LogP contribution in [-0.4, -0.2) is 138 Å². The Morgan fingerprint density at radius 2 is 0.649 bits per heavy atom. The molecule has 8 atom stereocenters. The molecule has 0 bridgehead atoms. The molecular weight excluding hydrogens is 1390 g/mol. The number of carbonyl (C=O) groups is 5. The summed E-state index contributed by atoms with van der Waals surface area (Å²) < 4.78 is 41.4. The third-order valence-electron chi connectivity index (χ3n) is 24.5. The maximum absolute atomic E-state index is 13.0. The van der Waals surface area contributed by atoms with E-state index < -0.39 is 0 Å². The predicted molar refractivity (Wildman–Crippen MR) is 466 cm³/mol. The van der Waals surface area contributed by atoms with Crippen molar-refractivity contribution < 1.29 is 57.1 Å². The van der Waals surface area contributed by atoms with Gasteiger partial charge >= 0.3 is 29.8 Å². The maximum atomic E-state index is 13.0. The van der Waals surface area contributed by atoms with Crippen LogP contribution in [0, 0.1) is 71.0 Å². The van der Waals surface area contributed by atoms with Gasteiger partial charge in [-0.3, -0.25) is 28.9 Å². The second-order valence-corrected chi connectivity index (χ2v) is 37.7. The summed E-state index contributed by atoms with van der Waals surface area (Å²) in [6, 6.07) is 0. The molecule has 656 valence electrons. The quantitative estimate of drug-likeness (QED) is 0.0322. The Morgan fingerprint density at radius 3 is 1.05 bits per heavy atom. The summed E-state index contributed by atoms with van der Waals surface area (Å²) in [5.74, 6) is 6.64. The van der Waals surface area contributed by atoms with Crippen molar-refractivity contribution in [1.82, 2.24) is 9.80 Å². The highest BCUT2D eigenvalue weighted by molar-refractivity contribution is 5.70. The van der Waals surface area contributed by atoms with Crippen LogP contribution < -0.4 is 0 Å². The largest absolute Gasteiger partial charge is 0.466 e. The first-order valence-corrected chi connectivity index (χ1v) is 47.7. The summed E-state index contributed by atoms with van der Waals surface area (Å²) in [6.07, 6.45) is 54.2. The van der Waals surface area contributed by atoms with Crippen LogP contribution in [0.3, 0.4) is 0 Å². The van der Waals surface area contributed by atoms with Crippen LogP contribution in [0.5, 0.6) is 0 Å². The first kappa shape index (κ1) is 106. The van der Waals surface area contributed by atoms with E-state index in [1.807, 2.05) is 14.1 Å². The van der Waals surface area contributed by atoms with Gasteiger partial charge in [-0.25, -0.2) is 0 Å². The van der Waals surface area contributed by atoms with Crippen LogP contribution in [0.15, 0.2) is 0 Å². The first-order chi connectivity index (χ1) is 53.3. The number of ether oxygens (including phenoxy) is 7. The minimum Gasteiger partial charge on any atom is -0.466 e. The maximum Gasteiger partial charge on any atom is 0.306 e. The van der Waals surface area contributed by atoms with E-state index in [-0.39, 0.29) is 36.0 Å². The van der Waals surface area contributed by atoms with Crippen molar-refractivity contribution >= 4 is 29.8 Å². The zero-order valence-corrected chi connectivity index (χ0v) is 76.2. The van der Waals surface area contributed by atoms with Crippen molar-refractivity contribution in [3.05, 3.63) is 0 Å². The van der Waals surface area contributed by atoms with Gasteiger partial charge in [0.25, 0.3) is 0 Å². The van der Waals surface area contributed by atoms with E-state index in [9.17, 15) is 24.0 Å². The zero-order valence-electron chi connectivity index (χ0n) is 76.2. The molecule has 1 aliphatic rings. The molecule has 1 fully saturated rings. The summed E-state index contributed by atoms with van der Waals surface area (Å²) in [7, 11) is 4.08. The van der Waals surface area contributed by atoms with Gasteiger partial charge in [-0.05, 0) is 207 Å². The number of hydrogen-bond acceptors (Lipinski definition) is 14. The van der Waals surface area contributed by atoms with Gasteiger partial charge in [-0.1, -0.05) is 277 Å². The van der Waals surface area contributed by atoms with E-state index in [2.05, 4.69) is 107 Å². The van der Waals surface area contributed by atoms with Crippen LogP contribution in [0.2, 0.25) is 0 Å². The van der Waals surface area contributed by atoms with Gasteiger partial charge in [0.05, 0.1) is 45.7 Å². The molecule has 0 aromatic heterocycles. The number of carbonyl (C=O) groups excluding carboxylic acids is 5. The molecule has 14 heteroatoms. The van der Waals surface area contributed by atoms with E-state index in [4.69, 9.17) is 33.2 Å². The highest BCUT2D eigenvalue weighted by atomic mass is 16.6. The Balaban J connectivity index is 2.35. The van der Waals surface area contributed by atoms with Crippen LogP contribution >= 0.6 is 0 Å². The highest BCUT2D eigenvalue weighted by Gasteiger charge is 2.24. The normalized spacial score (nSPS) is 15.2. The van der Waals surface area contributed by atoms with E-state index in [1.54, 1.807) is 0 Å². The third kappa shape index (κ3) is 66.9. The fourth-order valence-electron chi connectivity index (χ4n) is 16.0. The smallest absolute Gasteiger partial charge is 0.306 e. The van der Waals surface area contributed by atoms with Crippen molar-refractivity contribution in [2.24, 2.45) is 71.0 Å². The molecule has 0 radical (unpaired) electrons. The lowest BCUT2D eigenvalue weighted by Gasteiger charge is -2.27. The molecule has 0 spiro atoms. The number of hydrogen-bond donors (Lipinski definition) is 0. The van der Waals surface area contributed by atoms with E-state index >= 15 is 0 Å². The standard InChI is InChI=1S/C97H186N2O12/c1-79(2)56-62-87(82(7)8)66-73-107-93(100)51-41-33-25-19-23-31-39-49-92(111-97(104)55-45-68-98(15)16)50-40-32-24-20-26-34-42-52-94(101)108-74-67-88(63-57-80(3)4)86(14)61-59-85(13)60-65-90(84(11)12)78-110-96(103)54-44-36-28-18-22-30-38-48-91(106-72-46-69-99-70-75-105-76-71-99)47-37-29-21-17-27-35-43-53-95(102)109-77-89(83(9)10)64-58-81(5)6/h79-92H,17-78H2,1-16H3. The molecular formula is C97H186N2O12. The van der Waals surface area contributed by atoms with Gasteiger partial charge in [0.15, 0.2) is 0 Å². The molecule has 0 aromatic rings. The van der Waals surface area contributed by atoms with Crippen molar-refractivity contribution in [2.75, 3.05) is 86.5 Å². The lowest BCUT2D eigenvalue weighted by atomic mass is 9.80. The molecule has 0 aliphatic carbocycles. The molecule has 0 saturated carbocycles. The summed E-state index contributed by atoms with van der Waals surface area (Å²) in [5.41, 5.74) is 0. The number of esters is 5. The van der Waals surface area contributed by atoms with Crippen molar-refractivity contribution in [3.8, 4) is 0 Å². The van der Waals surface area contributed by atoms with Crippen molar-refractivity contribution in [1.29, 1.82) is 0 Å². The first-order valence-electron chi connectivity index (χ1n) is 47.7. The fourth-order valence-corrected chi connectivity index (χ4v) is 16.0. The molecule has 1 saturated heterocycles. The molecule has 14 nitrogen and oxygen atoms in total. The summed E-state index contributed by atoms with van der Waals surface area (Å²) in [6.45, 7) is 40.9. The molecule has 0 amide bonds. The van der Waals surface area contributed by atoms with Crippen molar-refractivity contribution in [3.63, 3.8) is 0 Å². The van der Waals surface area contributed by atoms with Gasteiger partial charge in [0, 0.05) is 58.3 Å². The summed E-state index contributed by atoms with van der Waals surface area (Å²) >= 11 is 0. The Hall–Kier alpha value is -2.81. The zero-order chi connectivity index (χ0) is 81.9. The Bertz CT molecular complexity index is 2150. The molecule has 8 unspecified atom stereocenters. The number of morpholine rings is 1. The summed E-state index contributed by atoms with van der Waals surface area (Å²) in [4.78, 5) is 68.3. The lowest BCUT2D eigenvalue weighted by Crippen LogP contribution is -2.37. The van der Waals surface area contributed by atoms with E-state index in [0.29, 0.717) is 136 Å². The third-order valence-corrected chi connectivity index (χ3v) is 24.5. The lowest BCUT2D eigenvalue weighted by molar-refractivity contribution is -0.150. The Kier molecular flexibility index (Phi) is 69.3. The van der Waals surface area contributed by atoms with Crippen LogP contribution in [0.4, 0.5) is 0 Å². The molecule has 0 N–H and O–H groups in total. The summed E-state index contributed by atoms with van der Waals surface area (Å²) in [5, 5.41) is 0. The SMILES string of the molecule is CC(C)CCC(CCOC(=O)CCCCCCCCCC(CCCCCCCCCC(=O)OCCC(CCC(C)C)C(C)CCC(C)CCC(COC(=O)CCCCCCCCCC(CCCCCCCCCC(=O)OCC(CCC(C)C)C(C)C)OCCCN1CCOCC1)C(C)C)OC(=O)CCCN(C)C)C(C)C. The van der Waals surface area contributed by atoms with Crippen LogP contribution in [0.1, 0.15) is 424 Å². The molecule has 1 rings (SSSR count). The van der Waals surface area contributed by atoms with Crippen LogP contribution in [0.25, 0.3) is 0 Å². The second-order valence-electron chi connectivity index (χ2n) is 37.7. The number of rotatable bonds is 79. The van der Waals surface area contributed by atoms with Gasteiger partial charge < -0.3 is 38.1 Å². The Morgan fingerprint density at radius 1 is 0.315 bits per heavy atom. The second kappa shape index (κ2) is 72.4. The average Bonchev–Trinajstić information content (AvgIpc) is 0.920. The number of nitrogens with zero attached hydrogens (tertiary/aromatic N) is 2. The van der Waals surface area contributed by atoms with E-state index in [0.717, 1.165) is 213 Å². The van der Waals surface area contributed by atoms with E-state index in [1.165, 1.54) is 128 Å². The topological polar surface area (TPSA) is 156 Å². The predicted octanol–water partition coefficient (Wildman–Crippen LogP) is 25.9. The Labute approximate surface area is 687 Å². The molecule has 111 heavy (non-hydrogen) atoms. The average molecular weight is 1570 g/mol. The molecule has 0 aromatic carbocycles. The van der Waals surface area contributed by atoms with Gasteiger partial charge in [0.2, 0.25) is 0 Å². The minimum absolute atomic E-state index is 0.00430.